The predicted octanol–water partition coefficient (Wildman–Crippen LogP) is 2.37. The minimum Gasteiger partial charge on any atom is -0.330 e. The molecule has 0 aliphatic carbocycles. The third-order valence-electron chi connectivity index (χ3n) is 3.39. The fraction of sp³-hybridized carbons (Fsp3) is 0.467. The second kappa shape index (κ2) is 5.99. The zero-order chi connectivity index (χ0) is 12.1. The van der Waals surface area contributed by atoms with Gasteiger partial charge in [0.2, 0.25) is 0 Å². The molecule has 2 rings (SSSR count). The van der Waals surface area contributed by atoms with Crippen LogP contribution in [0.3, 0.4) is 0 Å². The van der Waals surface area contributed by atoms with Gasteiger partial charge in [-0.3, -0.25) is 4.90 Å². The van der Waals surface area contributed by atoms with Gasteiger partial charge in [-0.2, -0.15) is 0 Å². The Labute approximate surface area is 104 Å². The first-order valence-electron chi connectivity index (χ1n) is 6.42. The van der Waals surface area contributed by atoms with E-state index in [0.29, 0.717) is 5.92 Å². The fourth-order valence-corrected chi connectivity index (χ4v) is 2.48. The van der Waals surface area contributed by atoms with Gasteiger partial charge in [-0.25, -0.2) is 0 Å². The second-order valence-electron chi connectivity index (χ2n) is 5.03. The highest BCUT2D eigenvalue weighted by Gasteiger charge is 2.20. The number of benzene rings is 1. The first-order valence-corrected chi connectivity index (χ1v) is 6.42. The van der Waals surface area contributed by atoms with Crippen LogP contribution in [0.4, 0.5) is 0 Å². The van der Waals surface area contributed by atoms with Crippen molar-refractivity contribution in [1.82, 2.24) is 4.90 Å². The maximum Gasteiger partial charge on any atom is 0.0193 e. The molecule has 0 radical (unpaired) electrons. The smallest absolute Gasteiger partial charge is 0.0193 e. The molecule has 1 aliphatic rings. The summed E-state index contributed by atoms with van der Waals surface area (Å²) < 4.78 is 0. The van der Waals surface area contributed by atoms with Gasteiger partial charge in [-0.1, -0.05) is 42.0 Å². The minimum atomic E-state index is 0.708. The van der Waals surface area contributed by atoms with Gasteiger partial charge in [0.1, 0.15) is 0 Å². The summed E-state index contributed by atoms with van der Waals surface area (Å²) in [5, 5.41) is 0. The molecule has 0 bridgehead atoms. The minimum absolute atomic E-state index is 0.708. The van der Waals surface area contributed by atoms with Crippen LogP contribution in [0.1, 0.15) is 18.9 Å². The van der Waals surface area contributed by atoms with Gasteiger partial charge < -0.3 is 5.73 Å². The quantitative estimate of drug-likeness (QED) is 0.860. The number of likely N-dealkylation sites (tertiary alicyclic amines) is 1. The first kappa shape index (κ1) is 12.3. The molecule has 0 aromatic heterocycles. The molecule has 1 aliphatic heterocycles. The van der Waals surface area contributed by atoms with Crippen molar-refractivity contribution in [1.29, 1.82) is 0 Å². The van der Waals surface area contributed by atoms with E-state index in [2.05, 4.69) is 48.2 Å². The molecule has 17 heavy (non-hydrogen) atoms. The highest BCUT2D eigenvalue weighted by atomic mass is 15.1. The number of hydrogen-bond acceptors (Lipinski definition) is 2. The van der Waals surface area contributed by atoms with Crippen molar-refractivity contribution in [2.75, 3.05) is 26.2 Å². The average Bonchev–Trinajstić information content (AvgIpc) is 2.78. The van der Waals surface area contributed by atoms with Crippen LogP contribution in [0.25, 0.3) is 6.08 Å². The lowest BCUT2D eigenvalue weighted by atomic mass is 10.1. The Kier molecular flexibility index (Phi) is 4.35. The largest absolute Gasteiger partial charge is 0.330 e. The zero-order valence-corrected chi connectivity index (χ0v) is 10.6. The first-order chi connectivity index (χ1) is 8.28. The van der Waals surface area contributed by atoms with Crippen molar-refractivity contribution < 1.29 is 0 Å². The number of rotatable bonds is 4. The molecule has 2 nitrogen and oxygen atoms in total. The van der Waals surface area contributed by atoms with Crippen LogP contribution in [0.2, 0.25) is 0 Å². The lowest BCUT2D eigenvalue weighted by molar-refractivity contribution is 0.353. The van der Waals surface area contributed by atoms with Gasteiger partial charge in [-0.05, 0) is 37.9 Å². The Morgan fingerprint density at radius 2 is 2.18 bits per heavy atom. The van der Waals surface area contributed by atoms with Crippen molar-refractivity contribution in [3.05, 3.63) is 41.5 Å². The summed E-state index contributed by atoms with van der Waals surface area (Å²) >= 11 is 0. The van der Waals surface area contributed by atoms with E-state index in [-0.39, 0.29) is 0 Å². The molecule has 0 unspecified atom stereocenters. The molecule has 1 aromatic carbocycles. The van der Waals surface area contributed by atoms with Gasteiger partial charge in [0.15, 0.2) is 0 Å². The summed E-state index contributed by atoms with van der Waals surface area (Å²) in [7, 11) is 0. The highest BCUT2D eigenvalue weighted by molar-refractivity contribution is 5.52. The lowest BCUT2D eigenvalue weighted by Gasteiger charge is -2.16. The Morgan fingerprint density at radius 3 is 2.82 bits per heavy atom. The summed E-state index contributed by atoms with van der Waals surface area (Å²) in [4.78, 5) is 2.51. The predicted molar refractivity (Wildman–Crippen MR) is 73.7 cm³/mol. The van der Waals surface area contributed by atoms with Crippen LogP contribution < -0.4 is 5.73 Å². The van der Waals surface area contributed by atoms with Crippen molar-refractivity contribution in [2.45, 2.75) is 13.3 Å². The Hall–Kier alpha value is -1.12. The molecule has 1 heterocycles. The van der Waals surface area contributed by atoms with Crippen molar-refractivity contribution in [3.8, 4) is 0 Å². The van der Waals surface area contributed by atoms with E-state index >= 15 is 0 Å². The van der Waals surface area contributed by atoms with E-state index < -0.39 is 0 Å². The fourth-order valence-electron chi connectivity index (χ4n) is 2.48. The number of nitrogens with two attached hydrogens (primary N) is 1. The number of nitrogens with zero attached hydrogens (tertiary/aromatic N) is 1. The van der Waals surface area contributed by atoms with Crippen molar-refractivity contribution in [3.63, 3.8) is 0 Å². The molecule has 0 saturated carbocycles. The molecule has 1 aromatic rings. The summed E-state index contributed by atoms with van der Waals surface area (Å²) in [5.74, 6) is 0.708. The SMILES string of the molecule is C/C(=C\c1ccccc1)CN1CC[C@@H](CN)C1. The summed E-state index contributed by atoms with van der Waals surface area (Å²) in [6, 6.07) is 10.5. The second-order valence-corrected chi connectivity index (χ2v) is 5.03. The van der Waals surface area contributed by atoms with Crippen LogP contribution in [0, 0.1) is 5.92 Å². The molecule has 2 heteroatoms. The maximum atomic E-state index is 5.71. The van der Waals surface area contributed by atoms with Crippen LogP contribution >= 0.6 is 0 Å². The molecule has 1 saturated heterocycles. The molecule has 0 amide bonds. The van der Waals surface area contributed by atoms with Crippen LogP contribution in [0.15, 0.2) is 35.9 Å². The summed E-state index contributed by atoms with van der Waals surface area (Å²) in [5.41, 5.74) is 8.43. The molecular weight excluding hydrogens is 208 g/mol. The molecule has 1 atom stereocenters. The van der Waals surface area contributed by atoms with Crippen LogP contribution in [0.5, 0.6) is 0 Å². The monoisotopic (exact) mass is 230 g/mol. The van der Waals surface area contributed by atoms with E-state index in [1.54, 1.807) is 0 Å². The van der Waals surface area contributed by atoms with Crippen molar-refractivity contribution in [2.24, 2.45) is 11.7 Å². The highest BCUT2D eigenvalue weighted by Crippen LogP contribution is 2.16. The van der Waals surface area contributed by atoms with Gasteiger partial charge >= 0.3 is 0 Å². The third kappa shape index (κ3) is 3.69. The van der Waals surface area contributed by atoms with E-state index in [1.807, 2.05) is 0 Å². The molecule has 92 valence electrons. The third-order valence-corrected chi connectivity index (χ3v) is 3.39. The maximum absolute atomic E-state index is 5.71. The zero-order valence-electron chi connectivity index (χ0n) is 10.6. The topological polar surface area (TPSA) is 29.3 Å². The number of hydrogen-bond donors (Lipinski definition) is 1. The molecule has 1 fully saturated rings. The normalized spacial score (nSPS) is 22.0. The van der Waals surface area contributed by atoms with Crippen molar-refractivity contribution >= 4 is 6.08 Å². The van der Waals surface area contributed by atoms with E-state index in [1.165, 1.54) is 24.1 Å². The Balaban J connectivity index is 1.89. The average molecular weight is 230 g/mol. The molecule has 0 spiro atoms. The van der Waals surface area contributed by atoms with Gasteiger partial charge in [-0.15, -0.1) is 0 Å². The van der Waals surface area contributed by atoms with E-state index in [0.717, 1.165) is 19.6 Å². The van der Waals surface area contributed by atoms with E-state index in [9.17, 15) is 0 Å². The van der Waals surface area contributed by atoms with Gasteiger partial charge in [0.25, 0.3) is 0 Å². The molecule has 2 N–H and O–H groups in total. The molecular formula is C15H22N2. The lowest BCUT2D eigenvalue weighted by Crippen LogP contribution is -2.24. The van der Waals surface area contributed by atoms with E-state index in [4.69, 9.17) is 5.73 Å². The van der Waals surface area contributed by atoms with Gasteiger partial charge in [0.05, 0.1) is 0 Å². The van der Waals surface area contributed by atoms with Crippen LogP contribution in [-0.4, -0.2) is 31.1 Å². The van der Waals surface area contributed by atoms with Crippen LogP contribution in [-0.2, 0) is 0 Å². The van der Waals surface area contributed by atoms with Gasteiger partial charge in [0, 0.05) is 13.1 Å². The standard InChI is InChI=1S/C15H22N2/c1-13(9-14-5-3-2-4-6-14)11-17-8-7-15(10-16)12-17/h2-6,9,15H,7-8,10-12,16H2,1H3/b13-9+/t15-/m0/s1. The Bertz CT molecular complexity index is 370. The summed E-state index contributed by atoms with van der Waals surface area (Å²) in [6.07, 6.45) is 3.53. The Morgan fingerprint density at radius 1 is 1.41 bits per heavy atom. The summed E-state index contributed by atoms with van der Waals surface area (Å²) in [6.45, 7) is 6.48.